The zero-order chi connectivity index (χ0) is 38.7. The summed E-state index contributed by atoms with van der Waals surface area (Å²) in [4.78, 5) is 13.2. The van der Waals surface area contributed by atoms with Crippen LogP contribution in [0.15, 0.2) is 11.6 Å². The third-order valence-electron chi connectivity index (χ3n) is 16.6. The predicted octanol–water partition coefficient (Wildman–Crippen LogP) is 11.5. The molecule has 6 heteroatoms. The van der Waals surface area contributed by atoms with Crippen molar-refractivity contribution in [2.75, 3.05) is 7.11 Å². The maximum atomic E-state index is 13.2. The second-order valence-electron chi connectivity index (χ2n) is 20.5. The highest BCUT2D eigenvalue weighted by Gasteiger charge is 2.67. The van der Waals surface area contributed by atoms with Crippen LogP contribution in [0.3, 0.4) is 0 Å². The van der Waals surface area contributed by atoms with Gasteiger partial charge in [-0.25, -0.2) is 0 Å². The van der Waals surface area contributed by atoms with Crippen molar-refractivity contribution in [3.05, 3.63) is 11.6 Å². The molecule has 4 aliphatic carbocycles. The molecule has 5 rings (SSSR count). The number of methoxy groups -OCH3 is 1. The molecular weight excluding hydrogens is 661 g/mol. The van der Waals surface area contributed by atoms with Crippen LogP contribution in [0.4, 0.5) is 0 Å². The van der Waals surface area contributed by atoms with Gasteiger partial charge in [-0.05, 0) is 106 Å². The van der Waals surface area contributed by atoms with Gasteiger partial charge in [0.25, 0.3) is 0 Å². The molecular formula is C47H82O6. The third-order valence-corrected chi connectivity index (χ3v) is 16.6. The summed E-state index contributed by atoms with van der Waals surface area (Å²) in [7, 11) is 1.73. The number of hydrogen-bond acceptors (Lipinski definition) is 6. The summed E-state index contributed by atoms with van der Waals surface area (Å²) >= 11 is 0. The monoisotopic (exact) mass is 743 g/mol. The smallest absolute Gasteiger partial charge is 0.306 e. The molecule has 53 heavy (non-hydrogen) atoms. The molecule has 0 amide bonds. The maximum Gasteiger partial charge on any atom is 0.306 e. The van der Waals surface area contributed by atoms with Crippen LogP contribution >= 0.6 is 0 Å². The molecule has 3 saturated carbocycles. The fraction of sp³-hybridized carbons (Fsp3) is 0.936. The van der Waals surface area contributed by atoms with E-state index >= 15 is 0 Å². The number of ether oxygens (including phenoxy) is 3. The van der Waals surface area contributed by atoms with Crippen LogP contribution in [-0.4, -0.2) is 53.5 Å². The minimum atomic E-state index is -1.22. The van der Waals surface area contributed by atoms with Gasteiger partial charge in [0.05, 0.1) is 11.7 Å². The average Bonchev–Trinajstić information content (AvgIpc) is 3.65. The van der Waals surface area contributed by atoms with E-state index in [0.29, 0.717) is 24.2 Å². The minimum Gasteiger partial charge on any atom is -0.462 e. The van der Waals surface area contributed by atoms with Crippen molar-refractivity contribution in [3.63, 3.8) is 0 Å². The van der Waals surface area contributed by atoms with E-state index in [4.69, 9.17) is 14.2 Å². The molecule has 6 nitrogen and oxygen atoms in total. The number of carbonyl (C=O) groups is 1. The van der Waals surface area contributed by atoms with Crippen LogP contribution in [-0.2, 0) is 19.0 Å². The van der Waals surface area contributed by atoms with E-state index in [1.807, 2.05) is 0 Å². The highest BCUT2D eigenvalue weighted by molar-refractivity contribution is 5.69. The Labute approximate surface area is 325 Å². The van der Waals surface area contributed by atoms with Gasteiger partial charge < -0.3 is 24.4 Å². The Balaban J connectivity index is 1.13. The Kier molecular flexibility index (Phi) is 14.4. The first kappa shape index (κ1) is 43.2. The molecule has 0 radical (unpaired) electrons. The SMILES string of the molecule is CCCCCCCCCCCCCCCC(=O)O[C@H]1CC[C@]2(C)[C@H]3CC[C@@]4(C)[C@H]([C@@H]5C[C@H]([C@H](O)C(C)(C)O)O[C@@H]5OC)CC[C@]4(C)C3=CC[C@H]2C1(C)C. The van der Waals surface area contributed by atoms with Gasteiger partial charge in [0.1, 0.15) is 12.2 Å². The maximum absolute atomic E-state index is 13.2. The molecule has 4 fully saturated rings. The zero-order valence-corrected chi connectivity index (χ0v) is 35.8. The first-order chi connectivity index (χ1) is 25.0. The quantitative estimate of drug-likeness (QED) is 0.0779. The van der Waals surface area contributed by atoms with Crippen molar-refractivity contribution in [2.24, 2.45) is 45.3 Å². The summed E-state index contributed by atoms with van der Waals surface area (Å²) < 4.78 is 18.6. The summed E-state index contributed by atoms with van der Waals surface area (Å²) in [6.45, 7) is 18.1. The Morgan fingerprint density at radius 3 is 2.08 bits per heavy atom. The largest absolute Gasteiger partial charge is 0.462 e. The van der Waals surface area contributed by atoms with E-state index in [-0.39, 0.29) is 45.9 Å². The van der Waals surface area contributed by atoms with Crippen molar-refractivity contribution in [1.82, 2.24) is 0 Å². The Hall–Kier alpha value is -0.950. The van der Waals surface area contributed by atoms with E-state index in [1.165, 1.54) is 89.9 Å². The fourth-order valence-electron chi connectivity index (χ4n) is 13.1. The number of hydrogen-bond donors (Lipinski definition) is 2. The molecule has 1 aliphatic heterocycles. The number of allylic oxidation sites excluding steroid dienone is 2. The topological polar surface area (TPSA) is 85.2 Å². The lowest BCUT2D eigenvalue weighted by atomic mass is 9.41. The van der Waals surface area contributed by atoms with Crippen molar-refractivity contribution in [1.29, 1.82) is 0 Å². The Morgan fingerprint density at radius 1 is 0.887 bits per heavy atom. The summed E-state index contributed by atoms with van der Waals surface area (Å²) in [6, 6.07) is 0. The van der Waals surface area contributed by atoms with Gasteiger partial charge in [-0.15, -0.1) is 0 Å². The second kappa shape index (κ2) is 17.7. The van der Waals surface area contributed by atoms with Gasteiger partial charge in [0, 0.05) is 24.9 Å². The number of aliphatic hydroxyl groups is 2. The summed E-state index contributed by atoms with van der Waals surface area (Å²) in [5, 5.41) is 21.5. The van der Waals surface area contributed by atoms with Crippen LogP contribution < -0.4 is 0 Å². The average molecular weight is 743 g/mol. The molecule has 2 N–H and O–H groups in total. The highest BCUT2D eigenvalue weighted by atomic mass is 16.7. The van der Waals surface area contributed by atoms with Crippen molar-refractivity contribution in [3.8, 4) is 0 Å². The first-order valence-electron chi connectivity index (χ1n) is 22.5. The van der Waals surface area contributed by atoms with Crippen LogP contribution in [0, 0.1) is 45.3 Å². The number of rotatable bonds is 19. The molecule has 1 saturated heterocycles. The van der Waals surface area contributed by atoms with Crippen LogP contribution in [0.1, 0.15) is 197 Å². The van der Waals surface area contributed by atoms with E-state index in [9.17, 15) is 15.0 Å². The van der Waals surface area contributed by atoms with Crippen LogP contribution in [0.5, 0.6) is 0 Å². The fourth-order valence-corrected chi connectivity index (χ4v) is 13.1. The van der Waals surface area contributed by atoms with E-state index in [1.54, 1.807) is 26.5 Å². The Bertz CT molecular complexity index is 1220. The number of aliphatic hydroxyl groups excluding tert-OH is 1. The Morgan fingerprint density at radius 2 is 1.49 bits per heavy atom. The molecule has 1 heterocycles. The zero-order valence-electron chi connectivity index (χ0n) is 35.8. The molecule has 0 aromatic carbocycles. The van der Waals surface area contributed by atoms with Gasteiger partial charge >= 0.3 is 5.97 Å². The number of esters is 1. The van der Waals surface area contributed by atoms with Gasteiger partial charge in [0.2, 0.25) is 0 Å². The molecule has 0 bridgehead atoms. The van der Waals surface area contributed by atoms with Gasteiger partial charge in [-0.1, -0.05) is 130 Å². The number of fused-ring (bicyclic) bond motifs is 5. The first-order valence-corrected chi connectivity index (χ1v) is 22.5. The molecule has 0 spiro atoms. The number of unbranched alkanes of at least 4 members (excludes halogenated alkanes) is 12. The van der Waals surface area contributed by atoms with Gasteiger partial charge in [0.15, 0.2) is 6.29 Å². The molecule has 306 valence electrons. The van der Waals surface area contributed by atoms with Crippen molar-refractivity contribution >= 4 is 5.97 Å². The van der Waals surface area contributed by atoms with E-state index in [0.717, 1.165) is 44.9 Å². The lowest BCUT2D eigenvalue weighted by Gasteiger charge is -2.64. The highest BCUT2D eigenvalue weighted by Crippen LogP contribution is 2.74. The molecule has 5 aliphatic rings. The predicted molar refractivity (Wildman–Crippen MR) is 215 cm³/mol. The van der Waals surface area contributed by atoms with Crippen LogP contribution in [0.2, 0.25) is 0 Å². The molecule has 11 atom stereocenters. The van der Waals surface area contributed by atoms with E-state index in [2.05, 4.69) is 47.6 Å². The molecule has 0 aromatic heterocycles. The van der Waals surface area contributed by atoms with Crippen LogP contribution in [0.25, 0.3) is 0 Å². The van der Waals surface area contributed by atoms with Crippen molar-refractivity contribution < 1.29 is 29.2 Å². The minimum absolute atomic E-state index is 0.00848. The lowest BCUT2D eigenvalue weighted by Crippen LogP contribution is -2.58. The third kappa shape index (κ3) is 8.81. The summed E-state index contributed by atoms with van der Waals surface area (Å²) in [5.74, 6) is 1.69. The van der Waals surface area contributed by atoms with Crippen molar-refractivity contribution in [2.45, 2.75) is 227 Å². The van der Waals surface area contributed by atoms with E-state index < -0.39 is 17.8 Å². The molecule has 0 aromatic rings. The summed E-state index contributed by atoms with van der Waals surface area (Å²) in [5.41, 5.74) is 0.835. The number of carbonyl (C=O) groups excluding carboxylic acids is 1. The second-order valence-corrected chi connectivity index (χ2v) is 20.5. The lowest BCUT2D eigenvalue weighted by molar-refractivity contribution is -0.185. The summed E-state index contributed by atoms with van der Waals surface area (Å²) in [6.07, 6.45) is 27.1. The van der Waals surface area contributed by atoms with Gasteiger partial charge in [-0.2, -0.15) is 0 Å². The standard InChI is InChI=1S/C47H82O6/c1-10-11-12-13-14-15-16-17-18-19-20-21-22-23-40(48)53-39-28-29-45(6)35-27-31-46(7)34(33-32-37(52-42(33)51-9)41(49)44(4,5)50)26-30-47(46,8)36(35)24-25-38(45)43(39,2)3/h24,33-35,37-39,41-42,49-50H,10-23,25-32H2,1-9H3/t33-,34-,35-,37+,38-,39-,41-,42-,45+,46-,47+/m0/s1. The normalized spacial score (nSPS) is 38.5. The van der Waals surface area contributed by atoms with Gasteiger partial charge in [-0.3, -0.25) is 4.79 Å². The molecule has 0 unspecified atom stereocenters.